The molecule has 6 heteroatoms. The number of nitrogens with zero attached hydrogens (tertiary/aromatic N) is 1. The molecular weight excluding hydrogens is 334 g/mol. The van der Waals surface area contributed by atoms with Crippen molar-refractivity contribution in [3.05, 3.63) is 77.9 Å². The molecule has 0 saturated carbocycles. The lowest BCUT2D eigenvalue weighted by Gasteiger charge is -2.30. The minimum atomic E-state index is -1.68. The highest BCUT2D eigenvalue weighted by Gasteiger charge is 2.63. The number of anilines is 1. The minimum Gasteiger partial charge on any atom is -0.478 e. The minimum absolute atomic E-state index is 0.129. The average Bonchev–Trinajstić information content (AvgIpc) is 3.17. The Morgan fingerprint density at radius 1 is 1.15 bits per heavy atom. The van der Waals surface area contributed by atoms with Crippen molar-refractivity contribution in [2.45, 2.75) is 11.4 Å². The van der Waals surface area contributed by atoms with Gasteiger partial charge in [-0.3, -0.25) is 4.79 Å². The van der Waals surface area contributed by atoms with Gasteiger partial charge in [0.05, 0.1) is 17.9 Å². The summed E-state index contributed by atoms with van der Waals surface area (Å²) < 4.78 is 12.1. The Bertz CT molecular complexity index is 925. The summed E-state index contributed by atoms with van der Waals surface area (Å²) in [5.74, 6) is -3.28. The summed E-state index contributed by atoms with van der Waals surface area (Å²) in [6, 6.07) is 16.0. The van der Waals surface area contributed by atoms with Crippen LogP contribution < -0.4 is 4.90 Å². The van der Waals surface area contributed by atoms with Gasteiger partial charge in [-0.1, -0.05) is 55.1 Å². The molecule has 132 valence electrons. The van der Waals surface area contributed by atoms with E-state index in [4.69, 9.17) is 9.47 Å². The van der Waals surface area contributed by atoms with E-state index in [2.05, 4.69) is 6.58 Å². The fraction of sp³-hybridized carbons (Fsp3) is 0.200. The second kappa shape index (κ2) is 5.52. The molecule has 1 fully saturated rings. The van der Waals surface area contributed by atoms with E-state index >= 15 is 0 Å². The van der Waals surface area contributed by atoms with Gasteiger partial charge in [-0.25, -0.2) is 4.79 Å². The van der Waals surface area contributed by atoms with Crippen molar-refractivity contribution in [3.63, 3.8) is 0 Å². The summed E-state index contributed by atoms with van der Waals surface area (Å²) in [6.45, 7) is 3.58. The van der Waals surface area contributed by atoms with Crippen molar-refractivity contribution in [2.75, 3.05) is 18.6 Å². The van der Waals surface area contributed by atoms with Crippen LogP contribution in [0.2, 0.25) is 0 Å². The predicted octanol–water partition coefficient (Wildman–Crippen LogP) is 2.40. The standard InChI is InChI=1S/C20H17NO5/c1-13(17(22)23)19(14-8-4-3-5-9-14)12-25-20(26-19)15-10-6-7-11-16(15)21(2)18(20)24/h3-11H,1,12H2,2H3,(H,22,23)/t19-,20-/m0/s1. The largest absolute Gasteiger partial charge is 0.478 e. The van der Waals surface area contributed by atoms with E-state index in [-0.39, 0.29) is 12.2 Å². The number of likely N-dealkylation sites (N-methyl/N-ethyl adjacent to an activating group) is 1. The lowest BCUT2D eigenvalue weighted by atomic mass is 9.87. The molecule has 0 radical (unpaired) electrons. The molecule has 2 atom stereocenters. The van der Waals surface area contributed by atoms with Crippen LogP contribution in [0, 0.1) is 0 Å². The third-order valence-corrected chi connectivity index (χ3v) is 4.99. The summed E-state index contributed by atoms with van der Waals surface area (Å²) in [5, 5.41) is 9.58. The van der Waals surface area contributed by atoms with Gasteiger partial charge in [0.1, 0.15) is 0 Å². The fourth-order valence-electron chi connectivity index (χ4n) is 3.58. The Morgan fingerprint density at radius 2 is 1.81 bits per heavy atom. The molecule has 4 rings (SSSR count). The first-order valence-corrected chi connectivity index (χ1v) is 8.12. The normalized spacial score (nSPS) is 27.0. The van der Waals surface area contributed by atoms with Crippen molar-refractivity contribution in [1.29, 1.82) is 0 Å². The number of benzene rings is 2. The monoisotopic (exact) mass is 351 g/mol. The molecular formula is C20H17NO5. The zero-order valence-corrected chi connectivity index (χ0v) is 14.1. The lowest BCUT2D eigenvalue weighted by molar-refractivity contribution is -0.195. The molecule has 1 N–H and O–H groups in total. The van der Waals surface area contributed by atoms with E-state index in [1.807, 2.05) is 12.1 Å². The Balaban J connectivity index is 1.89. The van der Waals surface area contributed by atoms with Crippen LogP contribution >= 0.6 is 0 Å². The molecule has 0 bridgehead atoms. The zero-order chi connectivity index (χ0) is 18.5. The Labute approximate surface area is 150 Å². The second-order valence-corrected chi connectivity index (χ2v) is 6.37. The van der Waals surface area contributed by atoms with Crippen LogP contribution in [-0.4, -0.2) is 30.6 Å². The van der Waals surface area contributed by atoms with Gasteiger partial charge in [0.25, 0.3) is 11.7 Å². The number of carboxylic acid groups (broad SMARTS) is 1. The summed E-state index contributed by atoms with van der Waals surface area (Å²) in [4.78, 5) is 26.2. The van der Waals surface area contributed by atoms with E-state index in [1.54, 1.807) is 49.5 Å². The Morgan fingerprint density at radius 3 is 2.50 bits per heavy atom. The van der Waals surface area contributed by atoms with Crippen LogP contribution in [0.5, 0.6) is 0 Å². The molecule has 2 aliphatic rings. The number of hydrogen-bond acceptors (Lipinski definition) is 4. The van der Waals surface area contributed by atoms with Crippen LogP contribution in [0.4, 0.5) is 5.69 Å². The number of carbonyl (C=O) groups excluding carboxylic acids is 1. The molecule has 1 saturated heterocycles. The van der Waals surface area contributed by atoms with E-state index in [0.29, 0.717) is 16.8 Å². The number of amides is 1. The molecule has 2 heterocycles. The molecule has 2 aliphatic heterocycles. The topological polar surface area (TPSA) is 76.1 Å². The first-order valence-electron chi connectivity index (χ1n) is 8.12. The van der Waals surface area contributed by atoms with Crippen LogP contribution in [0.15, 0.2) is 66.7 Å². The number of carbonyl (C=O) groups is 2. The van der Waals surface area contributed by atoms with Gasteiger partial charge in [0.15, 0.2) is 5.60 Å². The van der Waals surface area contributed by atoms with Crippen LogP contribution in [0.3, 0.4) is 0 Å². The molecule has 26 heavy (non-hydrogen) atoms. The maximum Gasteiger partial charge on any atom is 0.334 e. The molecule has 2 aromatic rings. The van der Waals surface area contributed by atoms with Crippen molar-refractivity contribution in [1.82, 2.24) is 0 Å². The average molecular weight is 351 g/mol. The number of hydrogen-bond donors (Lipinski definition) is 1. The van der Waals surface area contributed by atoms with Gasteiger partial charge in [-0.05, 0) is 11.6 Å². The first kappa shape index (κ1) is 16.5. The summed E-state index contributed by atoms with van der Waals surface area (Å²) in [6.07, 6.45) is 0. The summed E-state index contributed by atoms with van der Waals surface area (Å²) in [5.41, 5.74) is 0.163. The van der Waals surface area contributed by atoms with Gasteiger partial charge < -0.3 is 19.5 Å². The highest BCUT2D eigenvalue weighted by atomic mass is 16.8. The van der Waals surface area contributed by atoms with E-state index in [0.717, 1.165) is 0 Å². The summed E-state index contributed by atoms with van der Waals surface area (Å²) >= 11 is 0. The molecule has 6 nitrogen and oxygen atoms in total. The van der Waals surface area contributed by atoms with E-state index in [1.165, 1.54) is 4.90 Å². The lowest BCUT2D eigenvalue weighted by Crippen LogP contribution is -2.42. The molecule has 0 aromatic heterocycles. The smallest absolute Gasteiger partial charge is 0.334 e. The van der Waals surface area contributed by atoms with Gasteiger partial charge in [-0.15, -0.1) is 0 Å². The number of para-hydroxylation sites is 1. The maximum atomic E-state index is 13.0. The van der Waals surface area contributed by atoms with Gasteiger partial charge in [-0.2, -0.15) is 0 Å². The number of carboxylic acids is 1. The maximum absolute atomic E-state index is 13.0. The zero-order valence-electron chi connectivity index (χ0n) is 14.1. The van der Waals surface area contributed by atoms with Crippen molar-refractivity contribution < 1.29 is 24.2 Å². The molecule has 0 unspecified atom stereocenters. The third kappa shape index (κ3) is 2.00. The van der Waals surface area contributed by atoms with Crippen molar-refractivity contribution in [2.24, 2.45) is 0 Å². The highest BCUT2D eigenvalue weighted by molar-refractivity contribution is 6.06. The predicted molar refractivity (Wildman–Crippen MR) is 93.5 cm³/mol. The highest BCUT2D eigenvalue weighted by Crippen LogP contribution is 2.53. The van der Waals surface area contributed by atoms with Crippen LogP contribution in [0.1, 0.15) is 11.1 Å². The SMILES string of the molecule is C=C(C(=O)O)[C@]1(c2ccccc2)CO[C@@]2(O1)C(=O)N(C)c1ccccc12. The summed E-state index contributed by atoms with van der Waals surface area (Å²) in [7, 11) is 1.64. The van der Waals surface area contributed by atoms with Gasteiger partial charge in [0.2, 0.25) is 0 Å². The van der Waals surface area contributed by atoms with Crippen LogP contribution in [-0.2, 0) is 30.5 Å². The number of aliphatic carboxylic acids is 1. The van der Waals surface area contributed by atoms with Crippen LogP contribution in [0.25, 0.3) is 0 Å². The Hall–Kier alpha value is -2.96. The molecule has 1 spiro atoms. The molecule has 2 aromatic carbocycles. The first-order chi connectivity index (χ1) is 12.4. The number of rotatable bonds is 3. The fourth-order valence-corrected chi connectivity index (χ4v) is 3.58. The van der Waals surface area contributed by atoms with Crippen molar-refractivity contribution in [3.8, 4) is 0 Å². The Kier molecular flexibility index (Phi) is 3.50. The number of fused-ring (bicyclic) bond motifs is 2. The second-order valence-electron chi connectivity index (χ2n) is 6.37. The van der Waals surface area contributed by atoms with E-state index in [9.17, 15) is 14.7 Å². The van der Waals surface area contributed by atoms with Crippen molar-refractivity contribution >= 4 is 17.6 Å². The van der Waals surface area contributed by atoms with Gasteiger partial charge >= 0.3 is 5.97 Å². The molecule has 0 aliphatic carbocycles. The van der Waals surface area contributed by atoms with E-state index < -0.39 is 23.3 Å². The quantitative estimate of drug-likeness (QED) is 0.860. The third-order valence-electron chi connectivity index (χ3n) is 4.99. The number of ether oxygens (including phenoxy) is 2. The van der Waals surface area contributed by atoms with Gasteiger partial charge in [0, 0.05) is 12.6 Å². The molecule has 1 amide bonds.